The Bertz CT molecular complexity index is 370. The van der Waals surface area contributed by atoms with Crippen LogP contribution >= 0.6 is 39.1 Å². The van der Waals surface area contributed by atoms with E-state index in [1.807, 2.05) is 12.1 Å². The lowest BCUT2D eigenvalue weighted by Gasteiger charge is -2.30. The second-order valence-electron chi connectivity index (χ2n) is 4.41. The minimum Gasteiger partial charge on any atom is -0.382 e. The van der Waals surface area contributed by atoms with Gasteiger partial charge in [-0.05, 0) is 24.1 Å². The summed E-state index contributed by atoms with van der Waals surface area (Å²) in [6.45, 7) is 1.82. The highest BCUT2D eigenvalue weighted by Gasteiger charge is 2.30. The molecule has 5 heteroatoms. The maximum atomic E-state index is 6.17. The molecule has 0 bridgehead atoms. The third-order valence-electron chi connectivity index (χ3n) is 3.11. The van der Waals surface area contributed by atoms with Crippen molar-refractivity contribution >= 4 is 39.1 Å². The summed E-state index contributed by atoms with van der Waals surface area (Å²) < 4.78 is 11.5. The maximum absolute atomic E-state index is 6.17. The number of hydrogen-bond donors (Lipinski definition) is 0. The van der Waals surface area contributed by atoms with Crippen LogP contribution in [0.15, 0.2) is 28.7 Å². The maximum Gasteiger partial charge on any atom is 0.0700 e. The number of alkyl halides is 2. The van der Waals surface area contributed by atoms with E-state index >= 15 is 0 Å². The van der Waals surface area contributed by atoms with Gasteiger partial charge in [-0.15, -0.1) is 23.2 Å². The number of rotatable bonds is 9. The van der Waals surface area contributed by atoms with Crippen LogP contribution in [-0.4, -0.2) is 38.7 Å². The monoisotopic (exact) mass is 368 g/mol. The van der Waals surface area contributed by atoms with Crippen molar-refractivity contribution in [1.82, 2.24) is 0 Å². The lowest BCUT2D eigenvalue weighted by Crippen LogP contribution is -2.32. The van der Waals surface area contributed by atoms with E-state index in [4.69, 9.17) is 32.7 Å². The van der Waals surface area contributed by atoms with E-state index in [9.17, 15) is 0 Å². The number of ether oxygens (including phenoxy) is 2. The largest absolute Gasteiger partial charge is 0.382 e. The third-order valence-corrected chi connectivity index (χ3v) is 4.62. The molecule has 0 heterocycles. The Kier molecular flexibility index (Phi) is 8.35. The van der Waals surface area contributed by atoms with Gasteiger partial charge in [0, 0.05) is 35.4 Å². The molecule has 1 aromatic carbocycles. The number of hydrogen-bond acceptors (Lipinski definition) is 2. The van der Waals surface area contributed by atoms with Crippen LogP contribution in [0.3, 0.4) is 0 Å². The number of benzene rings is 1. The highest BCUT2D eigenvalue weighted by atomic mass is 79.9. The molecule has 0 N–H and O–H groups in total. The van der Waals surface area contributed by atoms with Gasteiger partial charge in [-0.2, -0.15) is 0 Å². The fraction of sp³-hybridized carbons (Fsp3) is 0.571. The lowest BCUT2D eigenvalue weighted by atomic mass is 9.81. The van der Waals surface area contributed by atoms with Gasteiger partial charge in [0.05, 0.1) is 13.2 Å². The van der Waals surface area contributed by atoms with E-state index in [2.05, 4.69) is 28.1 Å². The molecule has 0 aromatic heterocycles. The van der Waals surface area contributed by atoms with Crippen molar-refractivity contribution in [3.8, 4) is 0 Å². The van der Waals surface area contributed by atoms with Crippen LogP contribution in [-0.2, 0) is 14.9 Å². The Morgan fingerprint density at radius 1 is 1.16 bits per heavy atom. The molecule has 0 saturated carbocycles. The summed E-state index contributed by atoms with van der Waals surface area (Å²) in [6, 6.07) is 8.12. The van der Waals surface area contributed by atoms with Crippen LogP contribution in [0.5, 0.6) is 0 Å². The van der Waals surface area contributed by atoms with Crippen molar-refractivity contribution in [2.45, 2.75) is 11.8 Å². The Balaban J connectivity index is 2.68. The van der Waals surface area contributed by atoms with Crippen molar-refractivity contribution in [3.63, 3.8) is 0 Å². The van der Waals surface area contributed by atoms with E-state index in [1.165, 1.54) is 0 Å². The smallest absolute Gasteiger partial charge is 0.0700 e. The van der Waals surface area contributed by atoms with Crippen molar-refractivity contribution in [3.05, 3.63) is 34.3 Å². The van der Waals surface area contributed by atoms with Gasteiger partial charge in [0.25, 0.3) is 0 Å². The van der Waals surface area contributed by atoms with Gasteiger partial charge in [-0.1, -0.05) is 28.1 Å². The van der Waals surface area contributed by atoms with Crippen LogP contribution in [0.2, 0.25) is 0 Å². The number of halogens is 3. The van der Waals surface area contributed by atoms with Crippen molar-refractivity contribution in [1.29, 1.82) is 0 Å². The van der Waals surface area contributed by atoms with Gasteiger partial charge < -0.3 is 9.47 Å². The first-order valence-corrected chi connectivity index (χ1v) is 7.99. The molecule has 0 aliphatic carbocycles. The molecule has 0 fully saturated rings. The lowest BCUT2D eigenvalue weighted by molar-refractivity contribution is 0.0632. The van der Waals surface area contributed by atoms with Gasteiger partial charge in [0.15, 0.2) is 0 Å². The molecule has 0 atom stereocenters. The molecule has 0 spiro atoms. The van der Waals surface area contributed by atoms with Gasteiger partial charge in [-0.25, -0.2) is 0 Å². The van der Waals surface area contributed by atoms with Crippen molar-refractivity contribution in [2.24, 2.45) is 0 Å². The Morgan fingerprint density at radius 3 is 2.47 bits per heavy atom. The van der Waals surface area contributed by atoms with E-state index in [0.717, 1.165) is 16.5 Å². The second kappa shape index (κ2) is 9.19. The van der Waals surface area contributed by atoms with Crippen LogP contribution < -0.4 is 0 Å². The summed E-state index contributed by atoms with van der Waals surface area (Å²) in [5.41, 5.74) is 0.891. The molecule has 2 nitrogen and oxygen atoms in total. The molecule has 1 aromatic rings. The molecular weight excluding hydrogens is 351 g/mol. The quantitative estimate of drug-likeness (QED) is 0.479. The van der Waals surface area contributed by atoms with Crippen LogP contribution in [0.1, 0.15) is 12.0 Å². The Morgan fingerprint density at radius 2 is 1.89 bits per heavy atom. The fourth-order valence-electron chi connectivity index (χ4n) is 1.80. The number of methoxy groups -OCH3 is 1. The molecule has 0 radical (unpaired) electrons. The molecule has 0 saturated heterocycles. The summed E-state index contributed by atoms with van der Waals surface area (Å²) in [6.07, 6.45) is 0.792. The summed E-state index contributed by atoms with van der Waals surface area (Å²) in [5.74, 6) is 0.946. The first-order chi connectivity index (χ1) is 9.18. The minimum atomic E-state index is -0.250. The van der Waals surface area contributed by atoms with Crippen LogP contribution in [0.25, 0.3) is 0 Å². The van der Waals surface area contributed by atoms with Gasteiger partial charge in [-0.3, -0.25) is 0 Å². The third kappa shape index (κ3) is 5.24. The molecule has 19 heavy (non-hydrogen) atoms. The standard InChI is InChI=1S/C14H19BrCl2O2/c1-18-7-8-19-6-5-14(10-16,11-17)12-3-2-4-13(15)9-12/h2-4,9H,5-8,10-11H2,1H3. The Labute approximate surface area is 133 Å². The zero-order valence-corrected chi connectivity index (χ0v) is 14.1. The normalized spacial score (nSPS) is 11.8. The fourth-order valence-corrected chi connectivity index (χ4v) is 3.06. The van der Waals surface area contributed by atoms with Gasteiger partial charge >= 0.3 is 0 Å². The predicted molar refractivity (Wildman–Crippen MR) is 84.6 cm³/mol. The zero-order valence-electron chi connectivity index (χ0n) is 11.0. The first-order valence-electron chi connectivity index (χ1n) is 6.13. The minimum absolute atomic E-state index is 0.250. The van der Waals surface area contributed by atoms with Crippen molar-refractivity contribution in [2.75, 3.05) is 38.7 Å². The predicted octanol–water partition coefficient (Wildman–Crippen LogP) is 4.22. The second-order valence-corrected chi connectivity index (χ2v) is 5.86. The molecule has 0 unspecified atom stereocenters. The van der Waals surface area contributed by atoms with Gasteiger partial charge in [0.1, 0.15) is 0 Å². The average molecular weight is 370 g/mol. The summed E-state index contributed by atoms with van der Waals surface area (Å²) in [5, 5.41) is 0. The summed E-state index contributed by atoms with van der Waals surface area (Å²) in [7, 11) is 1.66. The van der Waals surface area contributed by atoms with E-state index in [1.54, 1.807) is 7.11 Å². The van der Waals surface area contributed by atoms with Crippen LogP contribution in [0.4, 0.5) is 0 Å². The Hall–Kier alpha value is 0.200. The average Bonchev–Trinajstić information content (AvgIpc) is 2.43. The van der Waals surface area contributed by atoms with E-state index in [-0.39, 0.29) is 5.41 Å². The van der Waals surface area contributed by atoms with E-state index < -0.39 is 0 Å². The molecular formula is C14H19BrCl2O2. The van der Waals surface area contributed by atoms with Gasteiger partial charge in [0.2, 0.25) is 0 Å². The molecule has 1 rings (SSSR count). The molecule has 0 aliphatic rings. The molecule has 108 valence electrons. The zero-order chi connectivity index (χ0) is 14.1. The highest BCUT2D eigenvalue weighted by molar-refractivity contribution is 9.10. The first kappa shape index (κ1) is 17.3. The summed E-state index contributed by atoms with van der Waals surface area (Å²) >= 11 is 15.8. The van der Waals surface area contributed by atoms with Crippen molar-refractivity contribution < 1.29 is 9.47 Å². The SMILES string of the molecule is COCCOCCC(CCl)(CCl)c1cccc(Br)c1. The molecule has 0 amide bonds. The van der Waals surface area contributed by atoms with Crippen LogP contribution in [0, 0.1) is 0 Å². The highest BCUT2D eigenvalue weighted by Crippen LogP contribution is 2.32. The van der Waals surface area contributed by atoms with E-state index in [0.29, 0.717) is 31.6 Å². The topological polar surface area (TPSA) is 18.5 Å². The molecule has 0 aliphatic heterocycles. The summed E-state index contributed by atoms with van der Waals surface area (Å²) in [4.78, 5) is 0.